The van der Waals surface area contributed by atoms with Gasteiger partial charge in [0, 0.05) is 23.9 Å². The monoisotopic (exact) mass is 517 g/mol. The summed E-state index contributed by atoms with van der Waals surface area (Å²) in [6.07, 6.45) is 5.46. The summed E-state index contributed by atoms with van der Waals surface area (Å²) in [6, 6.07) is 20.6. The molecule has 9 heteroatoms. The number of hydrogen-bond acceptors (Lipinski definition) is 5. The van der Waals surface area contributed by atoms with Crippen molar-refractivity contribution < 1.29 is 8.42 Å². The summed E-state index contributed by atoms with van der Waals surface area (Å²) in [4.78, 5) is 4.83. The lowest BCUT2D eigenvalue weighted by Gasteiger charge is -2.16. The van der Waals surface area contributed by atoms with E-state index >= 15 is 0 Å². The van der Waals surface area contributed by atoms with Crippen LogP contribution in [0.1, 0.15) is 22.8 Å². The highest BCUT2D eigenvalue weighted by Gasteiger charge is 2.17. The van der Waals surface area contributed by atoms with Crippen molar-refractivity contribution in [2.45, 2.75) is 25.2 Å². The quantitative estimate of drug-likeness (QED) is 0.302. The Kier molecular flexibility index (Phi) is 6.24. The Balaban J connectivity index is 1.69. The highest BCUT2D eigenvalue weighted by atomic mass is 35.5. The predicted octanol–water partition coefficient (Wildman–Crippen LogP) is 5.38. The number of imidazole rings is 1. The van der Waals surface area contributed by atoms with Crippen LogP contribution >= 0.6 is 11.6 Å². The Morgan fingerprint density at radius 1 is 0.917 bits per heavy atom. The van der Waals surface area contributed by atoms with E-state index in [1.54, 1.807) is 29.1 Å². The van der Waals surface area contributed by atoms with Crippen LogP contribution in [0.5, 0.6) is 0 Å². The minimum absolute atomic E-state index is 0.270. The summed E-state index contributed by atoms with van der Waals surface area (Å²) >= 11 is 6.44. The van der Waals surface area contributed by atoms with Crippen LogP contribution in [0, 0.1) is 13.8 Å². The number of halogens is 1. The molecular formula is C27H24ClN5O2S. The van der Waals surface area contributed by atoms with Gasteiger partial charge >= 0.3 is 0 Å². The molecular weight excluding hydrogens is 494 g/mol. The molecule has 0 bridgehead atoms. The lowest BCUT2D eigenvalue weighted by molar-refractivity contribution is 0.602. The summed E-state index contributed by atoms with van der Waals surface area (Å²) in [6.45, 7) is 3.90. The number of hydrogen-bond donors (Lipinski definition) is 0. The van der Waals surface area contributed by atoms with E-state index in [9.17, 15) is 8.42 Å². The molecule has 0 atom stereocenters. The fourth-order valence-electron chi connectivity index (χ4n) is 4.26. The van der Waals surface area contributed by atoms with Crippen LogP contribution in [0.2, 0.25) is 5.02 Å². The van der Waals surface area contributed by atoms with Crippen molar-refractivity contribution in [3.8, 4) is 22.5 Å². The van der Waals surface area contributed by atoms with E-state index in [1.807, 2.05) is 73.1 Å². The first-order chi connectivity index (χ1) is 17.2. The molecule has 2 heterocycles. The molecule has 0 radical (unpaired) electrons. The fraction of sp³-hybridized carbons (Fsp3) is 0.148. The second kappa shape index (κ2) is 9.37. The first-order valence-corrected chi connectivity index (χ1v) is 13.6. The third-order valence-electron chi connectivity index (χ3n) is 6.01. The van der Waals surface area contributed by atoms with Crippen LogP contribution in [0.15, 0.2) is 84.0 Å². The van der Waals surface area contributed by atoms with E-state index in [4.69, 9.17) is 11.6 Å². The smallest absolute Gasteiger partial charge is 0.175 e. The average molecular weight is 518 g/mol. The summed E-state index contributed by atoms with van der Waals surface area (Å²) in [5, 5.41) is 9.30. The Bertz CT molecular complexity index is 1690. The second-order valence-corrected chi connectivity index (χ2v) is 11.1. The molecule has 36 heavy (non-hydrogen) atoms. The summed E-state index contributed by atoms with van der Waals surface area (Å²) in [7, 11) is -3.34. The highest BCUT2D eigenvalue weighted by Crippen LogP contribution is 2.30. The molecule has 7 nitrogen and oxygen atoms in total. The number of nitrogens with zero attached hydrogens (tertiary/aromatic N) is 5. The Hall–Kier alpha value is -3.75. The molecule has 0 saturated heterocycles. The van der Waals surface area contributed by atoms with Crippen LogP contribution in [0.4, 0.5) is 0 Å². The van der Waals surface area contributed by atoms with E-state index in [-0.39, 0.29) is 4.90 Å². The zero-order valence-electron chi connectivity index (χ0n) is 20.1. The molecule has 5 aromatic rings. The molecule has 0 fully saturated rings. The van der Waals surface area contributed by atoms with Gasteiger partial charge in [0.05, 0.1) is 33.9 Å². The number of rotatable bonds is 6. The molecule has 0 aliphatic carbocycles. The average Bonchev–Trinajstić information content (AvgIpc) is 3.45. The van der Waals surface area contributed by atoms with Gasteiger partial charge in [0.25, 0.3) is 0 Å². The van der Waals surface area contributed by atoms with Gasteiger partial charge in [0.1, 0.15) is 5.82 Å². The zero-order valence-corrected chi connectivity index (χ0v) is 21.6. The maximum Gasteiger partial charge on any atom is 0.175 e. The summed E-state index contributed by atoms with van der Waals surface area (Å²) in [5.41, 5.74) is 6.04. The first kappa shape index (κ1) is 24.0. The number of aryl methyl sites for hydroxylation is 2. The molecule has 0 aliphatic rings. The Morgan fingerprint density at radius 2 is 1.69 bits per heavy atom. The van der Waals surface area contributed by atoms with Crippen LogP contribution in [0.3, 0.4) is 0 Å². The molecule has 3 aromatic carbocycles. The molecule has 0 saturated carbocycles. The van der Waals surface area contributed by atoms with Gasteiger partial charge in [-0.1, -0.05) is 53.2 Å². The molecule has 5 rings (SSSR count). The fourth-order valence-corrected chi connectivity index (χ4v) is 5.13. The van der Waals surface area contributed by atoms with E-state index in [0.717, 1.165) is 45.3 Å². The molecule has 2 aromatic heterocycles. The lowest BCUT2D eigenvalue weighted by atomic mass is 10.0. The van der Waals surface area contributed by atoms with E-state index in [1.165, 1.54) is 6.26 Å². The number of aromatic nitrogens is 5. The third kappa shape index (κ3) is 4.69. The Labute approximate surface area is 214 Å². The van der Waals surface area contributed by atoms with Crippen LogP contribution < -0.4 is 0 Å². The SMILES string of the molecule is Cc1cn(-c2ccc(-c3cccc(S(C)(=O)=O)c3)cc2-n2nncc2Cc2ccccc2Cl)c(C)n1. The summed E-state index contributed by atoms with van der Waals surface area (Å²) < 4.78 is 28.1. The largest absolute Gasteiger partial charge is 0.302 e. The van der Waals surface area contributed by atoms with Crippen LogP contribution in [-0.2, 0) is 16.3 Å². The van der Waals surface area contributed by atoms with Gasteiger partial charge in [-0.2, -0.15) is 0 Å². The van der Waals surface area contributed by atoms with E-state index in [0.29, 0.717) is 11.4 Å². The summed E-state index contributed by atoms with van der Waals surface area (Å²) in [5.74, 6) is 0.841. The van der Waals surface area contributed by atoms with Crippen molar-refractivity contribution >= 4 is 21.4 Å². The Morgan fingerprint density at radius 3 is 2.42 bits per heavy atom. The highest BCUT2D eigenvalue weighted by molar-refractivity contribution is 7.90. The van der Waals surface area contributed by atoms with Crippen LogP contribution in [0.25, 0.3) is 22.5 Å². The van der Waals surface area contributed by atoms with Gasteiger partial charge in [0.2, 0.25) is 0 Å². The van der Waals surface area contributed by atoms with Crippen molar-refractivity contribution in [1.29, 1.82) is 0 Å². The maximum absolute atomic E-state index is 12.2. The van der Waals surface area contributed by atoms with Crippen molar-refractivity contribution in [2.24, 2.45) is 0 Å². The van der Waals surface area contributed by atoms with Crippen molar-refractivity contribution in [3.05, 3.63) is 107 Å². The van der Waals surface area contributed by atoms with Crippen LogP contribution in [-0.4, -0.2) is 39.2 Å². The maximum atomic E-state index is 12.2. The minimum atomic E-state index is -3.34. The number of sulfone groups is 1. The van der Waals surface area contributed by atoms with Crippen molar-refractivity contribution in [2.75, 3.05) is 6.26 Å². The molecule has 0 aliphatic heterocycles. The predicted molar refractivity (Wildman–Crippen MR) is 141 cm³/mol. The first-order valence-electron chi connectivity index (χ1n) is 11.3. The topological polar surface area (TPSA) is 82.7 Å². The number of benzene rings is 3. The van der Waals surface area contributed by atoms with Gasteiger partial charge < -0.3 is 4.57 Å². The van der Waals surface area contributed by atoms with Crippen molar-refractivity contribution in [3.63, 3.8) is 0 Å². The van der Waals surface area contributed by atoms with E-state index < -0.39 is 9.84 Å². The molecule has 0 N–H and O–H groups in total. The zero-order chi connectivity index (χ0) is 25.4. The normalized spacial score (nSPS) is 11.7. The molecule has 0 unspecified atom stereocenters. The van der Waals surface area contributed by atoms with E-state index in [2.05, 4.69) is 15.3 Å². The second-order valence-electron chi connectivity index (χ2n) is 8.71. The van der Waals surface area contributed by atoms with Gasteiger partial charge in [-0.25, -0.2) is 18.1 Å². The molecule has 0 spiro atoms. The standard InChI is InChI=1S/C27H24ClN5O2S/c1-18-17-32(19(2)30-18)26-12-11-21(20-8-6-9-24(14-20)36(3,34)35)15-27(26)33-23(16-29-31-33)13-22-7-4-5-10-25(22)28/h4-12,14-17H,13H2,1-3H3. The van der Waals surface area contributed by atoms with Gasteiger partial charge in [0.15, 0.2) is 9.84 Å². The third-order valence-corrected chi connectivity index (χ3v) is 7.49. The lowest BCUT2D eigenvalue weighted by Crippen LogP contribution is -2.09. The molecule has 182 valence electrons. The van der Waals surface area contributed by atoms with Crippen molar-refractivity contribution in [1.82, 2.24) is 24.5 Å². The van der Waals surface area contributed by atoms with Gasteiger partial charge in [-0.3, -0.25) is 0 Å². The minimum Gasteiger partial charge on any atom is -0.302 e. The van der Waals surface area contributed by atoms with Gasteiger partial charge in [-0.05, 0) is 60.9 Å². The van der Waals surface area contributed by atoms with Gasteiger partial charge in [-0.15, -0.1) is 5.10 Å². The molecule has 0 amide bonds.